The van der Waals surface area contributed by atoms with Gasteiger partial charge in [0.25, 0.3) is 0 Å². The molecule has 0 saturated carbocycles. The monoisotopic (exact) mass is 292 g/mol. The molecule has 2 aromatic rings. The van der Waals surface area contributed by atoms with Crippen molar-refractivity contribution in [2.24, 2.45) is 0 Å². The summed E-state index contributed by atoms with van der Waals surface area (Å²) in [6, 6.07) is 10.3. The van der Waals surface area contributed by atoms with Crippen molar-refractivity contribution in [2.45, 2.75) is 6.61 Å². The van der Waals surface area contributed by atoms with Gasteiger partial charge in [-0.1, -0.05) is 17.9 Å². The molecule has 2 rings (SSSR count). The van der Waals surface area contributed by atoms with E-state index in [0.29, 0.717) is 5.75 Å². The Morgan fingerprint density at radius 3 is 2.75 bits per heavy atom. The highest BCUT2D eigenvalue weighted by Gasteiger charge is 2.05. The van der Waals surface area contributed by atoms with Crippen LogP contribution in [-0.2, 0) is 6.61 Å². The Morgan fingerprint density at radius 2 is 1.95 bits per heavy atom. The van der Waals surface area contributed by atoms with Gasteiger partial charge in [0.1, 0.15) is 24.0 Å². The molecular weight excluding hydrogens is 282 g/mol. The number of rotatable bonds is 3. The standard InChI is InChI=1S/C16H11ClF2O/c17-8-2-4-12-3-1-5-15(9-12)20-11-13-10-14(18)6-7-16(13)19/h1,3,5-7,9-10H,8,11H2. The van der Waals surface area contributed by atoms with Crippen LogP contribution in [0.2, 0.25) is 0 Å². The molecule has 4 heteroatoms. The third kappa shape index (κ3) is 3.97. The summed E-state index contributed by atoms with van der Waals surface area (Å²) in [5.41, 5.74) is 0.921. The Hall–Kier alpha value is -2.05. The fourth-order valence-electron chi connectivity index (χ4n) is 1.61. The maximum absolute atomic E-state index is 13.4. The van der Waals surface area contributed by atoms with Crippen LogP contribution in [-0.4, -0.2) is 5.88 Å². The minimum Gasteiger partial charge on any atom is -0.489 e. The molecular formula is C16H11ClF2O. The van der Waals surface area contributed by atoms with E-state index in [1.54, 1.807) is 18.2 Å². The zero-order valence-corrected chi connectivity index (χ0v) is 11.3. The van der Waals surface area contributed by atoms with Crippen molar-refractivity contribution in [3.63, 3.8) is 0 Å². The molecule has 0 atom stereocenters. The Labute approximate surface area is 121 Å². The molecule has 0 aromatic heterocycles. The minimum absolute atomic E-state index is 0.0457. The summed E-state index contributed by atoms with van der Waals surface area (Å²) in [6.07, 6.45) is 0. The van der Waals surface area contributed by atoms with Crippen LogP contribution in [0.1, 0.15) is 11.1 Å². The van der Waals surface area contributed by atoms with Crippen LogP contribution < -0.4 is 4.74 Å². The SMILES string of the molecule is Fc1ccc(F)c(COc2cccc(C#CCCl)c2)c1. The summed E-state index contributed by atoms with van der Waals surface area (Å²) in [4.78, 5) is 0. The topological polar surface area (TPSA) is 9.23 Å². The van der Waals surface area contributed by atoms with Gasteiger partial charge in [-0.15, -0.1) is 11.6 Å². The summed E-state index contributed by atoms with van der Waals surface area (Å²) in [5.74, 6) is 5.39. The molecule has 20 heavy (non-hydrogen) atoms. The second kappa shape index (κ2) is 6.93. The molecule has 0 aliphatic rings. The van der Waals surface area contributed by atoms with Gasteiger partial charge in [-0.25, -0.2) is 8.78 Å². The van der Waals surface area contributed by atoms with E-state index in [1.807, 2.05) is 6.07 Å². The molecule has 0 amide bonds. The zero-order chi connectivity index (χ0) is 14.4. The number of hydrogen-bond donors (Lipinski definition) is 0. The first-order valence-corrected chi connectivity index (χ1v) is 6.44. The van der Waals surface area contributed by atoms with Crippen LogP contribution >= 0.6 is 11.6 Å². The highest BCUT2D eigenvalue weighted by molar-refractivity contribution is 6.19. The second-order valence-electron chi connectivity index (χ2n) is 3.99. The van der Waals surface area contributed by atoms with E-state index in [0.717, 1.165) is 23.8 Å². The first kappa shape index (κ1) is 14.4. The first-order valence-electron chi connectivity index (χ1n) is 5.90. The lowest BCUT2D eigenvalue weighted by atomic mass is 10.2. The van der Waals surface area contributed by atoms with Gasteiger partial charge >= 0.3 is 0 Å². The second-order valence-corrected chi connectivity index (χ2v) is 4.25. The number of hydrogen-bond acceptors (Lipinski definition) is 1. The van der Waals surface area contributed by atoms with Crippen molar-refractivity contribution in [3.05, 3.63) is 65.2 Å². The molecule has 0 radical (unpaired) electrons. The van der Waals surface area contributed by atoms with Gasteiger partial charge in [0.15, 0.2) is 0 Å². The minimum atomic E-state index is -0.496. The summed E-state index contributed by atoms with van der Waals surface area (Å²) in [7, 11) is 0. The molecule has 0 aliphatic heterocycles. The number of benzene rings is 2. The van der Waals surface area contributed by atoms with Crippen LogP contribution in [0.25, 0.3) is 0 Å². The van der Waals surface area contributed by atoms with Gasteiger partial charge in [-0.05, 0) is 36.4 Å². The quantitative estimate of drug-likeness (QED) is 0.610. The van der Waals surface area contributed by atoms with Gasteiger partial charge in [0, 0.05) is 11.1 Å². The number of halogens is 3. The molecule has 0 bridgehead atoms. The van der Waals surface area contributed by atoms with E-state index in [-0.39, 0.29) is 18.1 Å². The third-order valence-corrected chi connectivity index (χ3v) is 2.67. The average Bonchev–Trinajstić information content (AvgIpc) is 2.46. The zero-order valence-electron chi connectivity index (χ0n) is 10.5. The van der Waals surface area contributed by atoms with Crippen molar-refractivity contribution in [3.8, 4) is 17.6 Å². The van der Waals surface area contributed by atoms with Gasteiger partial charge in [0.05, 0.1) is 5.88 Å². The normalized spacial score (nSPS) is 9.75. The van der Waals surface area contributed by atoms with Crippen LogP contribution in [0.4, 0.5) is 8.78 Å². The Bertz CT molecular complexity index is 659. The Balaban J connectivity index is 2.09. The summed E-state index contributed by atoms with van der Waals surface area (Å²) in [6.45, 7) is -0.0457. The van der Waals surface area contributed by atoms with E-state index < -0.39 is 11.6 Å². The van der Waals surface area contributed by atoms with Gasteiger partial charge in [-0.2, -0.15) is 0 Å². The molecule has 0 saturated heterocycles. The van der Waals surface area contributed by atoms with Crippen LogP contribution in [0.5, 0.6) is 5.75 Å². The van der Waals surface area contributed by atoms with Gasteiger partial charge in [-0.3, -0.25) is 0 Å². The maximum Gasteiger partial charge on any atom is 0.130 e. The lowest BCUT2D eigenvalue weighted by molar-refractivity contribution is 0.299. The predicted octanol–water partition coefficient (Wildman–Crippen LogP) is 4.13. The highest BCUT2D eigenvalue weighted by atomic mass is 35.5. The molecule has 0 fully saturated rings. The molecule has 0 spiro atoms. The predicted molar refractivity (Wildman–Crippen MR) is 74.7 cm³/mol. The van der Waals surface area contributed by atoms with E-state index in [4.69, 9.17) is 16.3 Å². The molecule has 1 nitrogen and oxygen atoms in total. The van der Waals surface area contributed by atoms with Crippen LogP contribution in [0.15, 0.2) is 42.5 Å². The fraction of sp³-hybridized carbons (Fsp3) is 0.125. The lowest BCUT2D eigenvalue weighted by Crippen LogP contribution is -1.99. The lowest BCUT2D eigenvalue weighted by Gasteiger charge is -2.07. The molecule has 0 aliphatic carbocycles. The van der Waals surface area contributed by atoms with Gasteiger partial charge in [0.2, 0.25) is 0 Å². The number of ether oxygens (including phenoxy) is 1. The van der Waals surface area contributed by atoms with E-state index >= 15 is 0 Å². The van der Waals surface area contributed by atoms with Gasteiger partial charge < -0.3 is 4.74 Å². The largest absolute Gasteiger partial charge is 0.489 e. The van der Waals surface area contributed by atoms with Crippen molar-refractivity contribution >= 4 is 11.6 Å². The fourth-order valence-corrected chi connectivity index (χ4v) is 1.68. The first-order chi connectivity index (χ1) is 9.69. The Kier molecular flexibility index (Phi) is 4.97. The molecule has 0 heterocycles. The summed E-state index contributed by atoms with van der Waals surface area (Å²) >= 11 is 5.48. The van der Waals surface area contributed by atoms with E-state index in [1.165, 1.54) is 0 Å². The van der Waals surface area contributed by atoms with Crippen LogP contribution in [0.3, 0.4) is 0 Å². The number of alkyl halides is 1. The average molecular weight is 293 g/mol. The van der Waals surface area contributed by atoms with Crippen molar-refractivity contribution in [2.75, 3.05) is 5.88 Å². The van der Waals surface area contributed by atoms with Crippen molar-refractivity contribution in [1.82, 2.24) is 0 Å². The van der Waals surface area contributed by atoms with Crippen LogP contribution in [0, 0.1) is 23.5 Å². The molecule has 102 valence electrons. The molecule has 0 unspecified atom stereocenters. The van der Waals surface area contributed by atoms with E-state index in [9.17, 15) is 8.78 Å². The van der Waals surface area contributed by atoms with Crippen molar-refractivity contribution < 1.29 is 13.5 Å². The molecule has 2 aromatic carbocycles. The van der Waals surface area contributed by atoms with Crippen molar-refractivity contribution in [1.29, 1.82) is 0 Å². The smallest absolute Gasteiger partial charge is 0.130 e. The highest BCUT2D eigenvalue weighted by Crippen LogP contribution is 2.16. The third-order valence-electron chi connectivity index (χ3n) is 2.54. The summed E-state index contributed by atoms with van der Waals surface area (Å²) < 4.78 is 31.9. The van der Waals surface area contributed by atoms with E-state index in [2.05, 4.69) is 11.8 Å². The maximum atomic E-state index is 13.4. The summed E-state index contributed by atoms with van der Waals surface area (Å²) in [5, 5.41) is 0. The Morgan fingerprint density at radius 1 is 1.10 bits per heavy atom. The molecule has 0 N–H and O–H groups in total.